The zero-order valence-electron chi connectivity index (χ0n) is 15.7. The van der Waals surface area contributed by atoms with Gasteiger partial charge in [-0.1, -0.05) is 19.1 Å². The summed E-state index contributed by atoms with van der Waals surface area (Å²) in [5, 5.41) is 1.10. The number of carbonyl (C=O) groups is 1. The first kappa shape index (κ1) is 18.8. The molecule has 1 heterocycles. The van der Waals surface area contributed by atoms with Crippen molar-refractivity contribution < 1.29 is 9.53 Å². The molecule has 0 spiro atoms. The van der Waals surface area contributed by atoms with Crippen LogP contribution >= 0.6 is 0 Å². The van der Waals surface area contributed by atoms with Gasteiger partial charge in [0.05, 0.1) is 11.6 Å². The number of hydrogen-bond donors (Lipinski definition) is 1. The second-order valence-electron chi connectivity index (χ2n) is 7.31. The number of fused-ring (bicyclic) bond motifs is 1. The number of hydrogen-bond acceptors (Lipinski definition) is 4. The first-order valence-corrected chi connectivity index (χ1v) is 9.54. The summed E-state index contributed by atoms with van der Waals surface area (Å²) < 4.78 is 5.81. The van der Waals surface area contributed by atoms with Gasteiger partial charge in [-0.05, 0) is 49.4 Å². The quantitative estimate of drug-likeness (QED) is 0.864. The van der Waals surface area contributed by atoms with Crippen LogP contribution < -0.4 is 5.73 Å². The maximum atomic E-state index is 12.8. The molecule has 26 heavy (non-hydrogen) atoms. The van der Waals surface area contributed by atoms with E-state index in [0.717, 1.165) is 42.3 Å². The van der Waals surface area contributed by atoms with E-state index < -0.39 is 0 Å². The summed E-state index contributed by atoms with van der Waals surface area (Å²) in [6.45, 7) is 3.44. The molecule has 0 bridgehead atoms. The summed E-state index contributed by atoms with van der Waals surface area (Å²) in [4.78, 5) is 19.0. The summed E-state index contributed by atoms with van der Waals surface area (Å²) in [6, 6.07) is 10.1. The summed E-state index contributed by atoms with van der Waals surface area (Å²) in [5.41, 5.74) is 8.35. The highest BCUT2D eigenvalue weighted by Gasteiger charge is 2.33. The average molecular weight is 355 g/mol. The summed E-state index contributed by atoms with van der Waals surface area (Å²) in [6.07, 6.45) is 5.31. The van der Waals surface area contributed by atoms with Crippen LogP contribution in [-0.4, -0.2) is 41.6 Å². The second-order valence-corrected chi connectivity index (χ2v) is 7.31. The van der Waals surface area contributed by atoms with Gasteiger partial charge in [-0.25, -0.2) is 0 Å². The van der Waals surface area contributed by atoms with Gasteiger partial charge in [0.2, 0.25) is 5.91 Å². The van der Waals surface area contributed by atoms with E-state index in [2.05, 4.69) is 18.0 Å². The van der Waals surface area contributed by atoms with Gasteiger partial charge in [-0.2, -0.15) is 0 Å². The third kappa shape index (κ3) is 4.40. The number of nitrogens with zero attached hydrogens (tertiary/aromatic N) is 2. The normalized spacial score (nSPS) is 23.1. The molecule has 0 saturated heterocycles. The van der Waals surface area contributed by atoms with Crippen LogP contribution in [0.4, 0.5) is 0 Å². The molecule has 5 nitrogen and oxygen atoms in total. The zero-order valence-corrected chi connectivity index (χ0v) is 15.7. The molecule has 1 aromatic heterocycles. The lowest BCUT2D eigenvalue weighted by Crippen LogP contribution is -2.46. The monoisotopic (exact) mass is 355 g/mol. The summed E-state index contributed by atoms with van der Waals surface area (Å²) >= 11 is 0. The van der Waals surface area contributed by atoms with Crippen LogP contribution in [0, 0.1) is 5.92 Å². The molecular weight excluding hydrogens is 326 g/mol. The van der Waals surface area contributed by atoms with Crippen molar-refractivity contribution in [2.24, 2.45) is 11.7 Å². The largest absolute Gasteiger partial charge is 0.377 e. The van der Waals surface area contributed by atoms with Crippen molar-refractivity contribution in [2.45, 2.75) is 51.3 Å². The van der Waals surface area contributed by atoms with Crippen LogP contribution in [0.1, 0.15) is 38.2 Å². The molecule has 3 rings (SSSR count). The third-order valence-electron chi connectivity index (χ3n) is 5.18. The topological polar surface area (TPSA) is 68.5 Å². The van der Waals surface area contributed by atoms with E-state index in [9.17, 15) is 4.79 Å². The van der Waals surface area contributed by atoms with Crippen LogP contribution in [0.15, 0.2) is 36.5 Å². The highest BCUT2D eigenvalue weighted by molar-refractivity contribution is 5.80. The fourth-order valence-electron chi connectivity index (χ4n) is 3.77. The Morgan fingerprint density at radius 3 is 2.96 bits per heavy atom. The minimum Gasteiger partial charge on any atom is -0.377 e. The van der Waals surface area contributed by atoms with E-state index in [-0.39, 0.29) is 24.0 Å². The van der Waals surface area contributed by atoms with Crippen molar-refractivity contribution in [3.63, 3.8) is 0 Å². The van der Waals surface area contributed by atoms with Gasteiger partial charge < -0.3 is 15.4 Å². The van der Waals surface area contributed by atoms with Crippen molar-refractivity contribution in [3.8, 4) is 0 Å². The molecule has 0 aliphatic heterocycles. The van der Waals surface area contributed by atoms with E-state index in [1.165, 1.54) is 0 Å². The average Bonchev–Trinajstić information content (AvgIpc) is 2.66. The lowest BCUT2D eigenvalue weighted by molar-refractivity contribution is -0.137. The fourth-order valence-corrected chi connectivity index (χ4v) is 3.77. The zero-order chi connectivity index (χ0) is 18.5. The van der Waals surface area contributed by atoms with Gasteiger partial charge in [-0.15, -0.1) is 0 Å². The summed E-state index contributed by atoms with van der Waals surface area (Å²) in [5.74, 6) is 0.180. The van der Waals surface area contributed by atoms with Gasteiger partial charge in [-0.3, -0.25) is 9.78 Å². The SMILES string of the molecule is CCCO[C@@H]1CC[C@H](C(=O)N(C)Cc2ccc3ncccc3c2)C[C@H]1N. The molecule has 2 N–H and O–H groups in total. The van der Waals surface area contributed by atoms with Gasteiger partial charge in [0.25, 0.3) is 0 Å². The minimum absolute atomic E-state index is 0.00130. The van der Waals surface area contributed by atoms with E-state index >= 15 is 0 Å². The molecule has 140 valence electrons. The molecule has 1 saturated carbocycles. The molecule has 0 radical (unpaired) electrons. The molecule has 1 aliphatic carbocycles. The minimum atomic E-state index is -0.0515. The maximum Gasteiger partial charge on any atom is 0.225 e. The van der Waals surface area contributed by atoms with Crippen molar-refractivity contribution >= 4 is 16.8 Å². The lowest BCUT2D eigenvalue weighted by Gasteiger charge is -2.34. The molecule has 3 atom stereocenters. The highest BCUT2D eigenvalue weighted by atomic mass is 16.5. The highest BCUT2D eigenvalue weighted by Crippen LogP contribution is 2.27. The van der Waals surface area contributed by atoms with Crippen LogP contribution in [0.25, 0.3) is 10.9 Å². The number of nitrogens with two attached hydrogens (primary N) is 1. The lowest BCUT2D eigenvalue weighted by atomic mass is 9.83. The number of amides is 1. The third-order valence-corrected chi connectivity index (χ3v) is 5.18. The van der Waals surface area contributed by atoms with Crippen molar-refractivity contribution in [2.75, 3.05) is 13.7 Å². The number of benzene rings is 1. The number of rotatable bonds is 6. The fraction of sp³-hybridized carbons (Fsp3) is 0.524. The molecule has 1 aliphatic rings. The van der Waals surface area contributed by atoms with E-state index in [4.69, 9.17) is 10.5 Å². The van der Waals surface area contributed by atoms with Crippen LogP contribution in [0.5, 0.6) is 0 Å². The molecule has 0 unspecified atom stereocenters. The molecule has 1 amide bonds. The van der Waals surface area contributed by atoms with Gasteiger partial charge in [0.15, 0.2) is 0 Å². The summed E-state index contributed by atoms with van der Waals surface area (Å²) in [7, 11) is 1.88. The van der Waals surface area contributed by atoms with Crippen molar-refractivity contribution in [1.29, 1.82) is 0 Å². The second kappa shape index (κ2) is 8.60. The van der Waals surface area contributed by atoms with E-state index in [0.29, 0.717) is 13.0 Å². The first-order valence-electron chi connectivity index (χ1n) is 9.54. The Hall–Kier alpha value is -1.98. The predicted molar refractivity (Wildman–Crippen MR) is 104 cm³/mol. The first-order chi connectivity index (χ1) is 12.6. The van der Waals surface area contributed by atoms with E-state index in [1.54, 1.807) is 6.20 Å². The smallest absolute Gasteiger partial charge is 0.225 e. The predicted octanol–water partition coefficient (Wildman–Crippen LogP) is 3.12. The Labute approximate surface area is 155 Å². The number of carbonyl (C=O) groups excluding carboxylic acids is 1. The molecular formula is C21H29N3O2. The Morgan fingerprint density at radius 2 is 2.19 bits per heavy atom. The Morgan fingerprint density at radius 1 is 1.35 bits per heavy atom. The maximum absolute atomic E-state index is 12.8. The van der Waals surface area contributed by atoms with Gasteiger partial charge in [0.1, 0.15) is 0 Å². The Bertz CT molecular complexity index is 749. The molecule has 1 fully saturated rings. The molecule has 1 aromatic carbocycles. The molecule has 2 aromatic rings. The van der Waals surface area contributed by atoms with Crippen LogP contribution in [-0.2, 0) is 16.1 Å². The van der Waals surface area contributed by atoms with Crippen LogP contribution in [0.3, 0.4) is 0 Å². The number of ether oxygens (including phenoxy) is 1. The standard InChI is InChI=1S/C21H29N3O2/c1-3-11-26-20-9-7-17(13-18(20)22)21(25)24(2)14-15-6-8-19-16(12-15)5-4-10-23-19/h4-6,8,10,12,17-18,20H,3,7,9,11,13-14,22H2,1-2H3/t17-,18+,20+/m0/s1. The Kier molecular flexibility index (Phi) is 6.22. The van der Waals surface area contributed by atoms with Crippen LogP contribution in [0.2, 0.25) is 0 Å². The molecule has 5 heteroatoms. The van der Waals surface area contributed by atoms with Gasteiger partial charge in [0, 0.05) is 43.7 Å². The van der Waals surface area contributed by atoms with E-state index in [1.807, 2.05) is 36.2 Å². The van der Waals surface area contributed by atoms with Gasteiger partial charge >= 0.3 is 0 Å². The van der Waals surface area contributed by atoms with Crippen molar-refractivity contribution in [1.82, 2.24) is 9.88 Å². The number of aromatic nitrogens is 1. The van der Waals surface area contributed by atoms with Crippen molar-refractivity contribution in [3.05, 3.63) is 42.1 Å². The number of pyridine rings is 1. The Balaban J connectivity index is 1.59.